The van der Waals surface area contributed by atoms with Crippen molar-refractivity contribution in [3.8, 4) is 6.07 Å². The Labute approximate surface area is 210 Å². The molecule has 1 saturated carbocycles. The van der Waals surface area contributed by atoms with Crippen molar-refractivity contribution in [2.24, 2.45) is 5.92 Å². The molecule has 1 heterocycles. The molecule has 3 aromatic rings. The van der Waals surface area contributed by atoms with E-state index in [4.69, 9.17) is 5.26 Å². The summed E-state index contributed by atoms with van der Waals surface area (Å²) in [6, 6.07) is 13.6. The van der Waals surface area contributed by atoms with Gasteiger partial charge in [-0.25, -0.2) is 9.78 Å². The fraction of sp³-hybridized carbons (Fsp3) is 0.407. The molecule has 1 aliphatic rings. The van der Waals surface area contributed by atoms with Crippen LogP contribution in [0.5, 0.6) is 0 Å². The molecule has 0 unspecified atom stereocenters. The molecule has 0 atom stereocenters. The van der Waals surface area contributed by atoms with E-state index >= 15 is 0 Å². The van der Waals surface area contributed by atoms with Gasteiger partial charge in [-0.05, 0) is 69.0 Å². The van der Waals surface area contributed by atoms with Crippen molar-refractivity contribution in [3.63, 3.8) is 0 Å². The molecule has 36 heavy (non-hydrogen) atoms. The highest BCUT2D eigenvalue weighted by atomic mass is 16.3. The molecule has 0 saturated heterocycles. The van der Waals surface area contributed by atoms with Crippen LogP contribution in [0.25, 0.3) is 11.0 Å². The molecule has 0 bridgehead atoms. The number of benzene rings is 2. The summed E-state index contributed by atoms with van der Waals surface area (Å²) in [6.45, 7) is 3.55. The predicted octanol–water partition coefficient (Wildman–Crippen LogP) is 4.87. The highest BCUT2D eigenvalue weighted by molar-refractivity contribution is 6.00. The SMILES string of the molecule is CN(C(=O)CC1CCCC1)c1ccc2c(c1)nc(NC(=O)Nc1cccc(C#N)c1)n2CC(C)(C)O. The summed E-state index contributed by atoms with van der Waals surface area (Å²) >= 11 is 0. The van der Waals surface area contributed by atoms with E-state index in [1.165, 1.54) is 12.8 Å². The molecule has 3 N–H and O–H groups in total. The number of fused-ring (bicyclic) bond motifs is 1. The van der Waals surface area contributed by atoms with E-state index in [1.807, 2.05) is 24.3 Å². The van der Waals surface area contributed by atoms with E-state index in [0.29, 0.717) is 29.1 Å². The van der Waals surface area contributed by atoms with Gasteiger partial charge in [0.25, 0.3) is 0 Å². The molecule has 9 nitrogen and oxygen atoms in total. The lowest BCUT2D eigenvalue weighted by atomic mass is 10.0. The summed E-state index contributed by atoms with van der Waals surface area (Å²) in [5, 5.41) is 25.0. The van der Waals surface area contributed by atoms with Crippen molar-refractivity contribution in [1.29, 1.82) is 5.26 Å². The largest absolute Gasteiger partial charge is 0.389 e. The monoisotopic (exact) mass is 488 g/mol. The normalized spacial score (nSPS) is 14.0. The summed E-state index contributed by atoms with van der Waals surface area (Å²) in [6.07, 6.45) is 5.15. The van der Waals surface area contributed by atoms with Gasteiger partial charge in [-0.15, -0.1) is 0 Å². The second-order valence-electron chi connectivity index (χ2n) is 10.1. The van der Waals surface area contributed by atoms with Gasteiger partial charge in [-0.1, -0.05) is 18.9 Å². The number of rotatable bonds is 7. The van der Waals surface area contributed by atoms with Crippen molar-refractivity contribution in [1.82, 2.24) is 9.55 Å². The van der Waals surface area contributed by atoms with Crippen molar-refractivity contribution in [3.05, 3.63) is 48.0 Å². The van der Waals surface area contributed by atoms with Crippen LogP contribution in [-0.2, 0) is 11.3 Å². The first-order chi connectivity index (χ1) is 17.1. The molecule has 0 aliphatic heterocycles. The molecule has 3 amide bonds. The van der Waals surface area contributed by atoms with Crippen LogP contribution in [0.1, 0.15) is 51.5 Å². The molecule has 9 heteroatoms. The van der Waals surface area contributed by atoms with Gasteiger partial charge in [0.2, 0.25) is 11.9 Å². The molecular formula is C27H32N6O3. The highest BCUT2D eigenvalue weighted by Gasteiger charge is 2.23. The standard InChI is InChI=1S/C27H32N6O3/c1-27(2,36)17-33-23-12-11-21(32(3)24(34)14-18-7-4-5-8-18)15-22(23)30-25(33)31-26(35)29-20-10-6-9-19(13-20)16-28/h6,9-13,15,18,36H,4-5,7-8,14,17H2,1-3H3,(H2,29,30,31,35). The zero-order valence-electron chi connectivity index (χ0n) is 20.9. The number of carbonyl (C=O) groups is 2. The maximum Gasteiger partial charge on any atom is 0.326 e. The van der Waals surface area contributed by atoms with Crippen molar-refractivity contribution in [2.45, 2.75) is 58.1 Å². The van der Waals surface area contributed by atoms with Crippen LogP contribution >= 0.6 is 0 Å². The molecule has 1 aromatic heterocycles. The Hall–Kier alpha value is -3.90. The third-order valence-electron chi connectivity index (χ3n) is 6.45. The van der Waals surface area contributed by atoms with Crippen LogP contribution in [0.4, 0.5) is 22.1 Å². The minimum Gasteiger partial charge on any atom is -0.389 e. The van der Waals surface area contributed by atoms with E-state index in [-0.39, 0.29) is 18.4 Å². The average Bonchev–Trinajstić information content (AvgIpc) is 3.45. The number of nitrogens with zero attached hydrogens (tertiary/aromatic N) is 4. The third kappa shape index (κ3) is 6.01. The van der Waals surface area contributed by atoms with Crippen molar-refractivity contribution in [2.75, 3.05) is 22.6 Å². The smallest absolute Gasteiger partial charge is 0.326 e. The maximum atomic E-state index is 12.8. The van der Waals surface area contributed by atoms with Gasteiger partial charge in [0.1, 0.15) is 0 Å². The van der Waals surface area contributed by atoms with Gasteiger partial charge in [-0.2, -0.15) is 5.26 Å². The zero-order chi connectivity index (χ0) is 25.9. The van der Waals surface area contributed by atoms with Crippen molar-refractivity contribution >= 4 is 40.3 Å². The second-order valence-corrected chi connectivity index (χ2v) is 10.1. The number of aromatic nitrogens is 2. The number of amides is 3. The van der Waals surface area contributed by atoms with E-state index in [9.17, 15) is 14.7 Å². The molecule has 188 valence electrons. The van der Waals surface area contributed by atoms with Gasteiger partial charge >= 0.3 is 6.03 Å². The van der Waals surface area contributed by atoms with E-state index in [2.05, 4.69) is 15.6 Å². The van der Waals surface area contributed by atoms with E-state index in [0.717, 1.165) is 24.0 Å². The molecule has 4 rings (SSSR count). The Morgan fingerprint density at radius 1 is 1.19 bits per heavy atom. The number of hydrogen-bond donors (Lipinski definition) is 3. The summed E-state index contributed by atoms with van der Waals surface area (Å²) in [5.74, 6) is 0.797. The summed E-state index contributed by atoms with van der Waals surface area (Å²) in [7, 11) is 1.77. The van der Waals surface area contributed by atoms with Crippen LogP contribution in [0, 0.1) is 17.2 Å². The lowest BCUT2D eigenvalue weighted by molar-refractivity contribution is -0.119. The molecule has 0 radical (unpaired) electrons. The van der Waals surface area contributed by atoms with E-state index in [1.54, 1.807) is 54.6 Å². The number of urea groups is 1. The number of nitrogens with one attached hydrogen (secondary N) is 2. The van der Waals surface area contributed by atoms with E-state index < -0.39 is 11.6 Å². The highest BCUT2D eigenvalue weighted by Crippen LogP contribution is 2.30. The molecule has 2 aromatic carbocycles. The molecule has 1 fully saturated rings. The quantitative estimate of drug-likeness (QED) is 0.438. The van der Waals surface area contributed by atoms with Crippen LogP contribution in [-0.4, -0.2) is 39.2 Å². The first-order valence-electron chi connectivity index (χ1n) is 12.2. The van der Waals surface area contributed by atoms with Gasteiger partial charge < -0.3 is 19.9 Å². The van der Waals surface area contributed by atoms with Gasteiger partial charge in [0, 0.05) is 24.8 Å². The summed E-state index contributed by atoms with van der Waals surface area (Å²) in [4.78, 5) is 31.8. The van der Waals surface area contributed by atoms with Crippen LogP contribution in [0.2, 0.25) is 0 Å². The number of carbonyl (C=O) groups excluding carboxylic acids is 2. The average molecular weight is 489 g/mol. The summed E-state index contributed by atoms with van der Waals surface area (Å²) in [5.41, 5.74) is 1.89. The minimum atomic E-state index is -1.06. The Bertz CT molecular complexity index is 1310. The Morgan fingerprint density at radius 2 is 1.94 bits per heavy atom. The topological polar surface area (TPSA) is 123 Å². The number of imidazole rings is 1. The molecular weight excluding hydrogens is 456 g/mol. The number of anilines is 3. The van der Waals surface area contributed by atoms with Gasteiger partial charge in [0.15, 0.2) is 0 Å². The van der Waals surface area contributed by atoms with Gasteiger partial charge in [-0.3, -0.25) is 10.1 Å². The molecule has 0 spiro atoms. The Balaban J connectivity index is 1.58. The fourth-order valence-corrected chi connectivity index (χ4v) is 4.64. The zero-order valence-corrected chi connectivity index (χ0v) is 20.9. The lowest BCUT2D eigenvalue weighted by Crippen LogP contribution is -2.29. The Kier molecular flexibility index (Phi) is 7.27. The maximum absolute atomic E-state index is 12.8. The third-order valence-corrected chi connectivity index (χ3v) is 6.45. The minimum absolute atomic E-state index is 0.0782. The Morgan fingerprint density at radius 3 is 2.64 bits per heavy atom. The number of aliphatic hydroxyl groups is 1. The van der Waals surface area contributed by atoms with Crippen LogP contribution < -0.4 is 15.5 Å². The second kappa shape index (κ2) is 10.4. The predicted molar refractivity (Wildman–Crippen MR) is 140 cm³/mol. The van der Waals surface area contributed by atoms with Crippen molar-refractivity contribution < 1.29 is 14.7 Å². The number of nitriles is 1. The van der Waals surface area contributed by atoms with Crippen LogP contribution in [0.15, 0.2) is 42.5 Å². The molecule has 1 aliphatic carbocycles. The number of hydrogen-bond acceptors (Lipinski definition) is 5. The van der Waals surface area contributed by atoms with Gasteiger partial charge in [0.05, 0.1) is 34.8 Å². The van der Waals surface area contributed by atoms with Crippen LogP contribution in [0.3, 0.4) is 0 Å². The summed E-state index contributed by atoms with van der Waals surface area (Å²) < 4.78 is 1.74. The lowest BCUT2D eigenvalue weighted by Gasteiger charge is -2.21. The fourth-order valence-electron chi connectivity index (χ4n) is 4.64. The first-order valence-corrected chi connectivity index (χ1v) is 12.2. The first kappa shape index (κ1) is 25.2.